The van der Waals surface area contributed by atoms with Gasteiger partial charge < -0.3 is 9.47 Å². The van der Waals surface area contributed by atoms with Gasteiger partial charge >= 0.3 is 0 Å². The van der Waals surface area contributed by atoms with Crippen LogP contribution in [0.15, 0.2) is 91.0 Å². The smallest absolute Gasteiger partial charge is 0.162 e. The van der Waals surface area contributed by atoms with Gasteiger partial charge in [0.2, 0.25) is 0 Å². The lowest BCUT2D eigenvalue weighted by atomic mass is 9.80. The molecule has 28 heavy (non-hydrogen) atoms. The van der Waals surface area contributed by atoms with Crippen molar-refractivity contribution >= 4 is 11.6 Å². The summed E-state index contributed by atoms with van der Waals surface area (Å²) in [5.41, 5.74) is 1.27. The Morgan fingerprint density at radius 3 is 1.61 bits per heavy atom. The van der Waals surface area contributed by atoms with Gasteiger partial charge in [0.05, 0.1) is 12.7 Å². The van der Waals surface area contributed by atoms with Crippen LogP contribution in [0.5, 0.6) is 0 Å². The number of benzene rings is 3. The van der Waals surface area contributed by atoms with Crippen LogP contribution in [0.2, 0.25) is 0 Å². The molecule has 0 radical (unpaired) electrons. The van der Waals surface area contributed by atoms with E-state index in [0.717, 1.165) is 16.7 Å². The van der Waals surface area contributed by atoms with Gasteiger partial charge in [0, 0.05) is 6.42 Å². The molecule has 4 rings (SSSR count). The monoisotopic (exact) mass is 396 g/mol. The van der Waals surface area contributed by atoms with Crippen molar-refractivity contribution in [3.63, 3.8) is 0 Å². The minimum atomic E-state index is -1.17. The first-order valence-electron chi connectivity index (χ1n) is 9.44. The summed E-state index contributed by atoms with van der Waals surface area (Å²) in [6.07, 6.45) is -1.31. The van der Waals surface area contributed by atoms with E-state index in [1.807, 2.05) is 54.6 Å². The Hall–Kier alpha value is -2.20. The third kappa shape index (κ3) is 3.70. The maximum Gasteiger partial charge on any atom is 0.162 e. The molecule has 3 aromatic carbocycles. The van der Waals surface area contributed by atoms with Crippen molar-refractivity contribution in [2.45, 2.75) is 29.9 Å². The lowest BCUT2D eigenvalue weighted by Crippen LogP contribution is -2.35. The van der Waals surface area contributed by atoms with Crippen LogP contribution >= 0.6 is 11.6 Å². The molecule has 0 amide bonds. The molecule has 0 unspecified atom stereocenters. The quantitative estimate of drug-likeness (QED) is 0.394. The van der Waals surface area contributed by atoms with E-state index in [-0.39, 0.29) is 19.1 Å². The van der Waals surface area contributed by atoms with E-state index in [0.29, 0.717) is 0 Å². The zero-order chi connectivity index (χ0) is 19.4. The average Bonchev–Trinajstić information content (AvgIpc) is 3.08. The van der Waals surface area contributed by atoms with E-state index in [4.69, 9.17) is 21.1 Å². The Morgan fingerprint density at radius 1 is 0.821 bits per heavy atom. The van der Waals surface area contributed by atoms with Crippen molar-refractivity contribution in [2.24, 2.45) is 0 Å². The van der Waals surface area contributed by atoms with Gasteiger partial charge in [0.15, 0.2) is 5.56 Å². The Bertz CT molecular complexity index is 766. The number of alkyl halides is 2. The van der Waals surface area contributed by atoms with E-state index in [1.54, 1.807) is 0 Å². The summed E-state index contributed by atoms with van der Waals surface area (Å²) >= 11 is 5.91. The van der Waals surface area contributed by atoms with Crippen molar-refractivity contribution in [3.05, 3.63) is 108 Å². The Morgan fingerprint density at radius 2 is 1.25 bits per heavy atom. The summed E-state index contributed by atoms with van der Waals surface area (Å²) in [5.74, 6) is 0. The Labute approximate surface area is 169 Å². The highest BCUT2D eigenvalue weighted by molar-refractivity contribution is 6.20. The summed E-state index contributed by atoms with van der Waals surface area (Å²) < 4.78 is 26.0. The zero-order valence-electron chi connectivity index (χ0n) is 15.4. The third-order valence-corrected chi connectivity index (χ3v) is 5.50. The van der Waals surface area contributed by atoms with Crippen LogP contribution in [0.1, 0.15) is 23.1 Å². The highest BCUT2D eigenvalue weighted by atomic mass is 35.5. The number of hydrogen-bond donors (Lipinski definition) is 0. The van der Waals surface area contributed by atoms with Gasteiger partial charge in [-0.15, -0.1) is 0 Å². The molecule has 3 aromatic rings. The van der Waals surface area contributed by atoms with Gasteiger partial charge in [-0.05, 0) is 16.7 Å². The van der Waals surface area contributed by atoms with Crippen molar-refractivity contribution in [1.82, 2.24) is 0 Å². The molecule has 2 nitrogen and oxygen atoms in total. The second-order valence-corrected chi connectivity index (χ2v) is 7.38. The Balaban J connectivity index is 1.79. The van der Waals surface area contributed by atoms with Crippen LogP contribution in [0.4, 0.5) is 4.39 Å². The molecule has 1 heterocycles. The lowest BCUT2D eigenvalue weighted by Gasteiger charge is -2.36. The molecule has 1 aliphatic rings. The van der Waals surface area contributed by atoms with E-state index < -0.39 is 17.3 Å². The summed E-state index contributed by atoms with van der Waals surface area (Å²) in [7, 11) is 0. The molecule has 3 atom stereocenters. The molecule has 0 bridgehead atoms. The highest BCUT2D eigenvalue weighted by Crippen LogP contribution is 2.41. The Kier molecular flexibility index (Phi) is 5.77. The van der Waals surface area contributed by atoms with E-state index in [2.05, 4.69) is 36.4 Å². The van der Waals surface area contributed by atoms with E-state index in [1.165, 1.54) is 0 Å². The number of hydrogen-bond acceptors (Lipinski definition) is 2. The van der Waals surface area contributed by atoms with Gasteiger partial charge in [0.1, 0.15) is 11.8 Å². The summed E-state index contributed by atoms with van der Waals surface area (Å²) in [6.45, 7) is 0.238. The molecule has 0 N–H and O–H groups in total. The normalized spacial score (nSPS) is 22.3. The fourth-order valence-corrected chi connectivity index (χ4v) is 4.02. The van der Waals surface area contributed by atoms with E-state index in [9.17, 15) is 4.39 Å². The summed E-state index contributed by atoms with van der Waals surface area (Å²) in [6, 6.07) is 30.3. The summed E-state index contributed by atoms with van der Waals surface area (Å²) in [5, 5.41) is 0. The molecule has 1 fully saturated rings. The van der Waals surface area contributed by atoms with Gasteiger partial charge in [-0.2, -0.15) is 0 Å². The minimum Gasteiger partial charge on any atom is -0.358 e. The van der Waals surface area contributed by atoms with E-state index >= 15 is 0 Å². The van der Waals surface area contributed by atoms with Crippen LogP contribution < -0.4 is 0 Å². The molecule has 0 aliphatic carbocycles. The molecule has 1 aliphatic heterocycles. The predicted molar refractivity (Wildman–Crippen MR) is 109 cm³/mol. The van der Waals surface area contributed by atoms with Crippen LogP contribution in [-0.2, 0) is 15.1 Å². The van der Waals surface area contributed by atoms with Crippen LogP contribution in [0.25, 0.3) is 0 Å². The molecular weight excluding hydrogens is 375 g/mol. The van der Waals surface area contributed by atoms with Crippen molar-refractivity contribution < 1.29 is 13.9 Å². The maximum atomic E-state index is 13.8. The first-order valence-corrected chi connectivity index (χ1v) is 9.88. The van der Waals surface area contributed by atoms with Crippen molar-refractivity contribution in [2.75, 3.05) is 6.61 Å². The van der Waals surface area contributed by atoms with Crippen LogP contribution in [0.3, 0.4) is 0 Å². The van der Waals surface area contributed by atoms with Gasteiger partial charge in [-0.25, -0.2) is 4.39 Å². The average molecular weight is 397 g/mol. The van der Waals surface area contributed by atoms with Crippen LogP contribution in [0, 0.1) is 0 Å². The molecule has 4 heteroatoms. The van der Waals surface area contributed by atoms with Crippen molar-refractivity contribution in [1.29, 1.82) is 0 Å². The topological polar surface area (TPSA) is 18.5 Å². The largest absolute Gasteiger partial charge is 0.358 e. The number of halogens is 2. The maximum absolute atomic E-state index is 13.8. The zero-order valence-corrected chi connectivity index (χ0v) is 16.1. The van der Waals surface area contributed by atoms with Gasteiger partial charge in [-0.1, -0.05) is 103 Å². The number of rotatable bonds is 6. The second-order valence-electron chi connectivity index (χ2n) is 6.95. The van der Waals surface area contributed by atoms with Gasteiger partial charge in [0.25, 0.3) is 0 Å². The SMILES string of the molecule is F[C@H]1C[C@@H](COC(c2ccccc2)(c2ccccc2)c2ccccc2)O[C@@H]1Cl. The molecule has 1 saturated heterocycles. The fraction of sp³-hybridized carbons (Fsp3) is 0.250. The van der Waals surface area contributed by atoms with Crippen molar-refractivity contribution in [3.8, 4) is 0 Å². The van der Waals surface area contributed by atoms with Crippen LogP contribution in [-0.4, -0.2) is 24.4 Å². The predicted octanol–water partition coefficient (Wildman–Crippen LogP) is 5.69. The standard InChI is InChI=1S/C24H22ClFO2/c25-23-22(26)16-21(28-23)17-27-24(18-10-4-1-5-11-18,19-12-6-2-7-13-19)20-14-8-3-9-15-20/h1-15,21-23H,16-17H2/t21-,22-,23-/m0/s1. The first-order chi connectivity index (χ1) is 13.7. The second kappa shape index (κ2) is 8.44. The molecule has 0 saturated carbocycles. The summed E-state index contributed by atoms with van der Waals surface area (Å²) in [4.78, 5) is 0. The lowest BCUT2D eigenvalue weighted by molar-refractivity contribution is -0.0511. The first kappa shape index (κ1) is 19.1. The third-order valence-electron chi connectivity index (χ3n) is 5.12. The fourth-order valence-electron chi connectivity index (χ4n) is 3.78. The molecular formula is C24H22ClFO2. The molecule has 0 aromatic heterocycles. The molecule has 0 spiro atoms. The highest BCUT2D eigenvalue weighted by Gasteiger charge is 2.40. The number of ether oxygens (including phenoxy) is 2. The van der Waals surface area contributed by atoms with Gasteiger partial charge in [-0.3, -0.25) is 0 Å². The molecule has 144 valence electrons. The minimum absolute atomic E-state index is 0.238.